The second-order valence-corrected chi connectivity index (χ2v) is 10.2. The maximum atomic E-state index is 12.9. The van der Waals surface area contributed by atoms with E-state index in [0.29, 0.717) is 58.8 Å². The number of ether oxygens (including phenoxy) is 1. The summed E-state index contributed by atoms with van der Waals surface area (Å²) < 4.78 is 31.7. The van der Waals surface area contributed by atoms with Crippen LogP contribution in [0.4, 0.5) is 0 Å². The minimum absolute atomic E-state index is 0.0236. The molecular formula is C26H26O5S. The summed E-state index contributed by atoms with van der Waals surface area (Å²) in [6, 6.07) is 6.52. The van der Waals surface area contributed by atoms with E-state index in [1.54, 1.807) is 48.6 Å². The molecule has 3 aliphatic rings. The molecule has 166 valence electrons. The summed E-state index contributed by atoms with van der Waals surface area (Å²) in [5, 5.41) is 9.90. The van der Waals surface area contributed by atoms with Crippen LogP contribution in [0.1, 0.15) is 55.8 Å². The number of phenolic OH excluding ortho intramolecular Hbond substituents is 1. The summed E-state index contributed by atoms with van der Waals surface area (Å²) in [6.45, 7) is 2.01. The summed E-state index contributed by atoms with van der Waals surface area (Å²) in [5.74, 6) is 1.24. The first-order valence-corrected chi connectivity index (χ1v) is 12.2. The quantitative estimate of drug-likeness (QED) is 0.554. The highest BCUT2D eigenvalue weighted by molar-refractivity contribution is 7.99. The van der Waals surface area contributed by atoms with Gasteiger partial charge in [-0.3, -0.25) is 4.79 Å². The molecule has 0 saturated heterocycles. The van der Waals surface area contributed by atoms with Crippen molar-refractivity contribution in [2.45, 2.75) is 45.4 Å². The van der Waals surface area contributed by atoms with Crippen molar-refractivity contribution in [2.75, 3.05) is 0 Å². The smallest absolute Gasteiger partial charge is 0.198 e. The van der Waals surface area contributed by atoms with Gasteiger partial charge in [0.25, 0.3) is 0 Å². The number of carbonyl (C=O) groups excluding carboxylic acids is 1. The number of carbonyl (C=O) groups is 1. The third kappa shape index (κ3) is 4.70. The Balaban J connectivity index is 1.44. The van der Waals surface area contributed by atoms with Crippen molar-refractivity contribution in [3.63, 3.8) is 0 Å². The third-order valence-corrected chi connectivity index (χ3v) is 7.96. The van der Waals surface area contributed by atoms with E-state index in [-0.39, 0.29) is 11.5 Å². The van der Waals surface area contributed by atoms with Gasteiger partial charge in [0.1, 0.15) is 17.3 Å². The Morgan fingerprint density at radius 2 is 1.44 bits per heavy atom. The number of hydrogen-bond acceptors (Lipinski definition) is 5. The molecule has 0 radical (unpaired) electrons. The molecule has 0 bridgehead atoms. The predicted octanol–water partition coefficient (Wildman–Crippen LogP) is 5.80. The van der Waals surface area contributed by atoms with Gasteiger partial charge in [-0.15, -0.1) is 0 Å². The molecule has 0 heterocycles. The molecule has 32 heavy (non-hydrogen) atoms. The maximum absolute atomic E-state index is 12.9. The fraction of sp³-hybridized carbons (Fsp3) is 0.269. The van der Waals surface area contributed by atoms with Gasteiger partial charge in [0.2, 0.25) is 0 Å². The van der Waals surface area contributed by atoms with E-state index in [1.165, 1.54) is 11.6 Å². The molecular weight excluding hydrogens is 424 g/mol. The van der Waals surface area contributed by atoms with Crippen molar-refractivity contribution >= 4 is 15.6 Å². The van der Waals surface area contributed by atoms with Crippen molar-refractivity contribution in [1.82, 2.24) is 0 Å². The van der Waals surface area contributed by atoms with Crippen LogP contribution < -0.4 is 0 Å². The SMILES string of the molecule is CC1=CC=C(S(=O)(=O)C2=CC=C(OC3=CC=C(C(=O)c4ccccc4O)CC3)CC2)CC1. The number of sulfone groups is 1. The Morgan fingerprint density at radius 3 is 2.00 bits per heavy atom. The van der Waals surface area contributed by atoms with E-state index in [2.05, 4.69) is 0 Å². The molecule has 6 heteroatoms. The van der Waals surface area contributed by atoms with Gasteiger partial charge in [-0.1, -0.05) is 29.9 Å². The van der Waals surface area contributed by atoms with Gasteiger partial charge in [0, 0.05) is 28.2 Å². The van der Waals surface area contributed by atoms with Crippen LogP contribution in [0.3, 0.4) is 0 Å². The second kappa shape index (κ2) is 9.17. The summed E-state index contributed by atoms with van der Waals surface area (Å²) in [5.41, 5.74) is 2.11. The zero-order chi connectivity index (χ0) is 22.7. The van der Waals surface area contributed by atoms with Gasteiger partial charge in [-0.05, 0) is 69.0 Å². The highest BCUT2D eigenvalue weighted by atomic mass is 32.2. The molecule has 1 N–H and O–H groups in total. The molecule has 0 saturated carbocycles. The molecule has 0 aliphatic heterocycles. The lowest BCUT2D eigenvalue weighted by molar-refractivity contribution is 0.102. The van der Waals surface area contributed by atoms with E-state index in [0.717, 1.165) is 12.2 Å². The van der Waals surface area contributed by atoms with Gasteiger partial charge in [0.15, 0.2) is 15.6 Å². The van der Waals surface area contributed by atoms with Gasteiger partial charge in [0.05, 0.1) is 5.56 Å². The zero-order valence-electron chi connectivity index (χ0n) is 18.0. The number of para-hydroxylation sites is 1. The fourth-order valence-electron chi connectivity index (χ4n) is 3.92. The first-order valence-electron chi connectivity index (χ1n) is 10.8. The van der Waals surface area contributed by atoms with E-state index < -0.39 is 9.84 Å². The van der Waals surface area contributed by atoms with E-state index >= 15 is 0 Å². The minimum atomic E-state index is -3.42. The molecule has 0 atom stereocenters. The first kappa shape index (κ1) is 22.1. The van der Waals surface area contributed by atoms with Crippen LogP contribution in [0.2, 0.25) is 0 Å². The number of ketones is 1. The molecule has 0 spiro atoms. The van der Waals surface area contributed by atoms with E-state index in [1.807, 2.05) is 13.0 Å². The highest BCUT2D eigenvalue weighted by Gasteiger charge is 2.26. The Hall–Kier alpha value is -3.12. The normalized spacial score (nSPS) is 19.0. The molecule has 5 nitrogen and oxygen atoms in total. The number of benzene rings is 1. The summed E-state index contributed by atoms with van der Waals surface area (Å²) in [4.78, 5) is 13.5. The van der Waals surface area contributed by atoms with E-state index in [9.17, 15) is 18.3 Å². The number of allylic oxidation sites excluding steroid dienone is 12. The number of rotatable bonds is 6. The standard InChI is InChI=1S/C26H26O5S/c1-18-6-14-22(15-7-18)32(29,30)23-16-12-21(13-17-23)31-20-10-8-19(9-11-20)26(28)24-4-2-3-5-25(24)27/h2-6,8,10,12,14,16,27H,7,9,11,13,15,17H2,1H3. The largest absolute Gasteiger partial charge is 0.507 e. The Labute approximate surface area is 188 Å². The lowest BCUT2D eigenvalue weighted by Gasteiger charge is -2.20. The van der Waals surface area contributed by atoms with Crippen LogP contribution in [0.5, 0.6) is 5.75 Å². The van der Waals surface area contributed by atoms with Crippen molar-refractivity contribution < 1.29 is 23.1 Å². The molecule has 1 aromatic carbocycles. The van der Waals surface area contributed by atoms with Crippen LogP contribution in [0.15, 0.2) is 93.2 Å². The summed E-state index contributed by atoms with van der Waals surface area (Å²) in [6.07, 6.45) is 13.8. The first-order chi connectivity index (χ1) is 15.3. The lowest BCUT2D eigenvalue weighted by Crippen LogP contribution is -2.12. The highest BCUT2D eigenvalue weighted by Crippen LogP contribution is 2.34. The predicted molar refractivity (Wildman–Crippen MR) is 124 cm³/mol. The molecule has 1 aromatic rings. The lowest BCUT2D eigenvalue weighted by atomic mass is 9.95. The Kier molecular flexibility index (Phi) is 6.33. The Morgan fingerprint density at radius 1 is 0.812 bits per heavy atom. The monoisotopic (exact) mass is 450 g/mol. The van der Waals surface area contributed by atoms with Crippen molar-refractivity contribution in [1.29, 1.82) is 0 Å². The van der Waals surface area contributed by atoms with Crippen LogP contribution in [-0.4, -0.2) is 19.3 Å². The number of aromatic hydroxyl groups is 1. The molecule has 0 fully saturated rings. The molecule has 0 unspecified atom stereocenters. The summed E-state index contributed by atoms with van der Waals surface area (Å²) >= 11 is 0. The van der Waals surface area contributed by atoms with Gasteiger partial charge in [-0.2, -0.15) is 0 Å². The number of phenols is 1. The van der Waals surface area contributed by atoms with Crippen LogP contribution >= 0.6 is 0 Å². The van der Waals surface area contributed by atoms with Crippen LogP contribution in [0.25, 0.3) is 0 Å². The number of Topliss-reactive ketones (excluding diaryl/α,β-unsaturated/α-hetero) is 1. The number of hydrogen-bond donors (Lipinski definition) is 1. The topological polar surface area (TPSA) is 80.7 Å². The average molecular weight is 451 g/mol. The van der Waals surface area contributed by atoms with Gasteiger partial charge >= 0.3 is 0 Å². The maximum Gasteiger partial charge on any atom is 0.198 e. The second-order valence-electron chi connectivity index (χ2n) is 8.19. The summed E-state index contributed by atoms with van der Waals surface area (Å²) in [7, 11) is -3.42. The zero-order valence-corrected chi connectivity index (χ0v) is 18.8. The third-order valence-electron chi connectivity index (χ3n) is 5.90. The Bertz CT molecular complexity index is 1240. The van der Waals surface area contributed by atoms with Crippen molar-refractivity contribution in [3.8, 4) is 5.75 Å². The van der Waals surface area contributed by atoms with Gasteiger partial charge in [-0.25, -0.2) is 8.42 Å². The van der Waals surface area contributed by atoms with Crippen molar-refractivity contribution in [2.24, 2.45) is 0 Å². The molecule has 3 aliphatic carbocycles. The molecule has 4 rings (SSSR count). The van der Waals surface area contributed by atoms with E-state index in [4.69, 9.17) is 4.74 Å². The molecule has 0 amide bonds. The van der Waals surface area contributed by atoms with Crippen molar-refractivity contribution in [3.05, 3.63) is 98.8 Å². The average Bonchev–Trinajstić information content (AvgIpc) is 2.80. The van der Waals surface area contributed by atoms with Gasteiger partial charge < -0.3 is 9.84 Å². The van der Waals surface area contributed by atoms with Crippen LogP contribution in [-0.2, 0) is 14.6 Å². The minimum Gasteiger partial charge on any atom is -0.507 e. The van der Waals surface area contributed by atoms with Crippen LogP contribution in [0, 0.1) is 0 Å². The fourth-order valence-corrected chi connectivity index (χ4v) is 5.49. The molecule has 0 aromatic heterocycles.